The Kier molecular flexibility index (Phi) is 6.93. The van der Waals surface area contributed by atoms with Gasteiger partial charge in [-0.3, -0.25) is 0 Å². The first-order valence-electron chi connectivity index (χ1n) is 10.0. The lowest BCUT2D eigenvalue weighted by Crippen LogP contribution is -2.43. The van der Waals surface area contributed by atoms with Crippen molar-refractivity contribution in [3.63, 3.8) is 0 Å². The van der Waals surface area contributed by atoms with Crippen LogP contribution in [0.15, 0.2) is 42.5 Å². The van der Waals surface area contributed by atoms with E-state index in [-0.39, 0.29) is 11.6 Å². The van der Waals surface area contributed by atoms with Crippen LogP contribution < -0.4 is 0 Å². The van der Waals surface area contributed by atoms with Gasteiger partial charge in [-0.1, -0.05) is 64.1 Å². The van der Waals surface area contributed by atoms with Gasteiger partial charge in [0.25, 0.3) is 0 Å². The highest BCUT2D eigenvalue weighted by atomic mass is 28.4. The van der Waals surface area contributed by atoms with Crippen molar-refractivity contribution in [1.82, 2.24) is 0 Å². The first kappa shape index (κ1) is 22.8. The highest BCUT2D eigenvalue weighted by Crippen LogP contribution is 2.38. The Morgan fingerprint density at radius 3 is 2.25 bits per heavy atom. The van der Waals surface area contributed by atoms with Gasteiger partial charge in [-0.2, -0.15) is 0 Å². The highest BCUT2D eigenvalue weighted by molar-refractivity contribution is 6.74. The fraction of sp³-hybridized carbons (Fsp3) is 0.500. The summed E-state index contributed by atoms with van der Waals surface area (Å²) in [6.45, 7) is 15.5. The molecule has 2 N–H and O–H groups in total. The summed E-state index contributed by atoms with van der Waals surface area (Å²) in [7, 11) is -1.86. The van der Waals surface area contributed by atoms with Crippen molar-refractivity contribution >= 4 is 25.2 Å². The molecule has 0 bridgehead atoms. The first-order chi connectivity index (χ1) is 12.9. The van der Waals surface area contributed by atoms with Crippen LogP contribution in [0.5, 0.6) is 0 Å². The van der Waals surface area contributed by atoms with E-state index < -0.39 is 19.8 Å². The maximum Gasteiger partial charge on any atom is 0.192 e. The second kappa shape index (κ2) is 8.50. The second-order valence-electron chi connectivity index (χ2n) is 9.74. The number of aliphatic hydroxyl groups is 2. The predicted octanol–water partition coefficient (Wildman–Crippen LogP) is 5.93. The molecule has 0 amide bonds. The summed E-state index contributed by atoms with van der Waals surface area (Å²) in [6.07, 6.45) is 3.63. The van der Waals surface area contributed by atoms with Crippen LogP contribution in [0.4, 0.5) is 0 Å². The molecule has 0 saturated heterocycles. The zero-order valence-corrected chi connectivity index (χ0v) is 19.4. The summed E-state index contributed by atoms with van der Waals surface area (Å²) in [5.41, 5.74) is 1.56. The Morgan fingerprint density at radius 2 is 1.68 bits per heavy atom. The minimum atomic E-state index is -1.86. The van der Waals surface area contributed by atoms with E-state index in [2.05, 4.69) is 64.2 Å². The van der Waals surface area contributed by atoms with Crippen LogP contribution in [0.1, 0.15) is 51.8 Å². The zero-order valence-electron chi connectivity index (χ0n) is 18.4. The molecule has 2 aromatic carbocycles. The van der Waals surface area contributed by atoms with Crippen molar-refractivity contribution in [2.24, 2.45) is 5.41 Å². The topological polar surface area (TPSA) is 49.7 Å². The average Bonchev–Trinajstić information content (AvgIpc) is 2.63. The zero-order chi connectivity index (χ0) is 21.2. The summed E-state index contributed by atoms with van der Waals surface area (Å²) in [6, 6.07) is 12.3. The van der Waals surface area contributed by atoms with Crippen LogP contribution in [0, 0.1) is 5.41 Å². The van der Waals surface area contributed by atoms with E-state index in [1.54, 1.807) is 6.92 Å². The maximum atomic E-state index is 9.99. The van der Waals surface area contributed by atoms with Crippen molar-refractivity contribution in [2.75, 3.05) is 13.2 Å². The van der Waals surface area contributed by atoms with Gasteiger partial charge in [0.15, 0.2) is 8.32 Å². The Balaban J connectivity index is 2.21. The van der Waals surface area contributed by atoms with Crippen LogP contribution in [0.2, 0.25) is 18.1 Å². The molecule has 2 atom stereocenters. The third-order valence-electron chi connectivity index (χ3n) is 5.98. The molecule has 0 radical (unpaired) electrons. The van der Waals surface area contributed by atoms with Crippen LogP contribution in [-0.2, 0) is 4.43 Å². The van der Waals surface area contributed by atoms with Gasteiger partial charge in [-0.15, -0.1) is 0 Å². The van der Waals surface area contributed by atoms with E-state index in [0.29, 0.717) is 6.61 Å². The molecular formula is C24H36O3Si. The SMILES string of the molecule is C[C@@H](O)c1ccc2ccc(/C=C/C(C)(CO)CO[Si](C)(C)C(C)(C)C)cc2c1. The van der Waals surface area contributed by atoms with Crippen molar-refractivity contribution in [3.8, 4) is 0 Å². The van der Waals surface area contributed by atoms with Crippen molar-refractivity contribution in [2.45, 2.75) is 58.9 Å². The van der Waals surface area contributed by atoms with Gasteiger partial charge in [-0.05, 0) is 59.1 Å². The molecule has 0 fully saturated rings. The highest BCUT2D eigenvalue weighted by Gasteiger charge is 2.38. The number of hydrogen-bond acceptors (Lipinski definition) is 3. The molecule has 0 heterocycles. The van der Waals surface area contributed by atoms with Crippen molar-refractivity contribution in [3.05, 3.63) is 53.6 Å². The van der Waals surface area contributed by atoms with Crippen molar-refractivity contribution < 1.29 is 14.6 Å². The molecule has 154 valence electrons. The van der Waals surface area contributed by atoms with Gasteiger partial charge >= 0.3 is 0 Å². The molecule has 0 aliphatic rings. The van der Waals surface area contributed by atoms with Crippen LogP contribution >= 0.6 is 0 Å². The van der Waals surface area contributed by atoms with E-state index in [9.17, 15) is 10.2 Å². The standard InChI is InChI=1S/C24H36O3Si/c1-18(26)21-11-10-20-9-8-19(14-22(20)15-21)12-13-24(5,16-25)17-27-28(6,7)23(2,3)4/h8-15,18,25-26H,16-17H2,1-7H3/b13-12+/t18-,24?/m1/s1. The van der Waals surface area contributed by atoms with Crippen LogP contribution in [-0.4, -0.2) is 31.7 Å². The summed E-state index contributed by atoms with van der Waals surface area (Å²) in [4.78, 5) is 0. The molecule has 2 aromatic rings. The molecule has 0 saturated carbocycles. The number of hydrogen-bond donors (Lipinski definition) is 2. The van der Waals surface area contributed by atoms with Crippen molar-refractivity contribution in [1.29, 1.82) is 0 Å². The number of fused-ring (bicyclic) bond motifs is 1. The summed E-state index contributed by atoms with van der Waals surface area (Å²) in [5, 5.41) is 22.2. The molecule has 2 rings (SSSR count). The van der Waals surface area contributed by atoms with Crippen LogP contribution in [0.25, 0.3) is 16.8 Å². The van der Waals surface area contributed by atoms with Gasteiger partial charge in [0.1, 0.15) is 0 Å². The van der Waals surface area contributed by atoms with Gasteiger partial charge in [0.05, 0.1) is 12.7 Å². The van der Waals surface area contributed by atoms with Gasteiger partial charge in [-0.25, -0.2) is 0 Å². The first-order valence-corrected chi connectivity index (χ1v) is 12.9. The molecule has 0 aliphatic heterocycles. The summed E-state index contributed by atoms with van der Waals surface area (Å²) >= 11 is 0. The maximum absolute atomic E-state index is 9.99. The largest absolute Gasteiger partial charge is 0.416 e. The quantitative estimate of drug-likeness (QED) is 0.567. The third kappa shape index (κ3) is 5.54. The smallest absolute Gasteiger partial charge is 0.192 e. The number of rotatable bonds is 7. The fourth-order valence-corrected chi connectivity index (χ4v) is 3.78. The van der Waals surface area contributed by atoms with E-state index in [0.717, 1.165) is 21.9 Å². The summed E-state index contributed by atoms with van der Waals surface area (Å²) in [5.74, 6) is 0. The minimum Gasteiger partial charge on any atom is -0.416 e. The van der Waals surface area contributed by atoms with E-state index in [1.807, 2.05) is 25.1 Å². The molecule has 0 aromatic heterocycles. The Bertz CT molecular complexity index is 833. The van der Waals surface area contributed by atoms with Gasteiger partial charge in [0, 0.05) is 12.0 Å². The second-order valence-corrected chi connectivity index (χ2v) is 14.5. The number of benzene rings is 2. The Hall–Kier alpha value is -1.46. The molecule has 28 heavy (non-hydrogen) atoms. The van der Waals surface area contributed by atoms with Gasteiger partial charge in [0.2, 0.25) is 0 Å². The Labute approximate surface area is 171 Å². The monoisotopic (exact) mass is 400 g/mol. The van der Waals surface area contributed by atoms with E-state index in [4.69, 9.17) is 4.43 Å². The number of aliphatic hydroxyl groups excluding tert-OH is 2. The predicted molar refractivity (Wildman–Crippen MR) is 122 cm³/mol. The van der Waals surface area contributed by atoms with E-state index >= 15 is 0 Å². The molecule has 4 heteroatoms. The fourth-order valence-electron chi connectivity index (χ4n) is 2.65. The van der Waals surface area contributed by atoms with E-state index in [1.165, 1.54) is 0 Å². The third-order valence-corrected chi connectivity index (χ3v) is 10.5. The van der Waals surface area contributed by atoms with Crippen LogP contribution in [0.3, 0.4) is 0 Å². The normalized spacial score (nSPS) is 16.5. The molecular weight excluding hydrogens is 364 g/mol. The minimum absolute atomic E-state index is 0.0396. The summed E-state index contributed by atoms with van der Waals surface area (Å²) < 4.78 is 6.35. The lowest BCUT2D eigenvalue weighted by Gasteiger charge is -2.38. The molecule has 3 nitrogen and oxygen atoms in total. The molecule has 0 spiro atoms. The Morgan fingerprint density at radius 1 is 1.04 bits per heavy atom. The lowest BCUT2D eigenvalue weighted by atomic mass is 9.91. The average molecular weight is 401 g/mol. The lowest BCUT2D eigenvalue weighted by molar-refractivity contribution is 0.113. The molecule has 1 unspecified atom stereocenters. The van der Waals surface area contributed by atoms with Gasteiger partial charge < -0.3 is 14.6 Å². The molecule has 0 aliphatic carbocycles.